The van der Waals surface area contributed by atoms with Crippen molar-refractivity contribution >= 4 is 23.2 Å². The third-order valence-electron chi connectivity index (χ3n) is 3.95. The molecule has 0 aliphatic heterocycles. The molecule has 0 radical (unpaired) electrons. The van der Waals surface area contributed by atoms with Gasteiger partial charge in [-0.2, -0.15) is 0 Å². The van der Waals surface area contributed by atoms with Crippen LogP contribution in [0.1, 0.15) is 23.2 Å². The van der Waals surface area contributed by atoms with Crippen LogP contribution in [0.3, 0.4) is 0 Å². The number of fused-ring (bicyclic) bond motifs is 1. The Bertz CT molecular complexity index is 527. The van der Waals surface area contributed by atoms with E-state index in [-0.39, 0.29) is 0 Å². The van der Waals surface area contributed by atoms with Gasteiger partial charge in [-0.3, -0.25) is 4.79 Å². The van der Waals surface area contributed by atoms with E-state index < -0.39 is 5.91 Å². The Labute approximate surface area is 111 Å². The minimum absolute atomic E-state index is 0.375. The van der Waals surface area contributed by atoms with Gasteiger partial charge >= 0.3 is 0 Å². The molecule has 0 saturated heterocycles. The number of benzene rings is 1. The lowest BCUT2D eigenvalue weighted by atomic mass is 9.71. The lowest BCUT2D eigenvalue weighted by Gasteiger charge is -2.41. The molecule has 3 atom stereocenters. The Morgan fingerprint density at radius 1 is 1.44 bits per heavy atom. The number of allylic oxidation sites excluding steroid dienone is 1. The maximum absolute atomic E-state index is 11.2. The van der Waals surface area contributed by atoms with Crippen LogP contribution < -0.4 is 11.1 Å². The second-order valence-electron chi connectivity index (χ2n) is 5.05. The maximum Gasteiger partial charge on any atom is 0.250 e. The molecule has 1 fully saturated rings. The lowest BCUT2D eigenvalue weighted by Crippen LogP contribution is -2.43. The van der Waals surface area contributed by atoms with E-state index in [0.717, 1.165) is 11.6 Å². The van der Waals surface area contributed by atoms with Gasteiger partial charge in [0.2, 0.25) is 5.91 Å². The van der Waals surface area contributed by atoms with Crippen LogP contribution in [0.15, 0.2) is 30.4 Å². The van der Waals surface area contributed by atoms with Crippen molar-refractivity contribution in [2.75, 3.05) is 5.32 Å². The summed E-state index contributed by atoms with van der Waals surface area (Å²) in [6.45, 7) is 0. The number of anilines is 1. The predicted molar refractivity (Wildman–Crippen MR) is 72.7 cm³/mol. The normalized spacial score (nSPS) is 28.6. The van der Waals surface area contributed by atoms with Crippen molar-refractivity contribution in [2.24, 2.45) is 17.6 Å². The summed E-state index contributed by atoms with van der Waals surface area (Å²) >= 11 is 5.92. The smallest absolute Gasteiger partial charge is 0.250 e. The number of carbonyl (C=O) groups is 1. The van der Waals surface area contributed by atoms with Gasteiger partial charge in [-0.1, -0.05) is 23.8 Å². The standard InChI is InChI=1S/C14H15ClN2O/c15-12-5-4-9(7-11(12)14(16)18)17-13-6-8-2-1-3-10(8)13/h1,3-5,7-8,10,13,17H,2,6H2,(H2,16,18). The SMILES string of the molecule is NC(=O)c1cc(NC2CC3CC=CC32)ccc1Cl. The first-order chi connectivity index (χ1) is 8.65. The highest BCUT2D eigenvalue weighted by atomic mass is 35.5. The Balaban J connectivity index is 1.75. The molecular formula is C14H15ClN2O. The number of carbonyl (C=O) groups excluding carboxylic acids is 1. The molecule has 3 unspecified atom stereocenters. The number of hydrogen-bond donors (Lipinski definition) is 2. The molecule has 1 aromatic rings. The van der Waals surface area contributed by atoms with E-state index in [0.29, 0.717) is 22.5 Å². The zero-order valence-electron chi connectivity index (χ0n) is 9.90. The summed E-state index contributed by atoms with van der Waals surface area (Å²) in [7, 11) is 0. The predicted octanol–water partition coefficient (Wildman–Crippen LogP) is 2.82. The van der Waals surface area contributed by atoms with Gasteiger partial charge in [0.25, 0.3) is 0 Å². The largest absolute Gasteiger partial charge is 0.382 e. The van der Waals surface area contributed by atoms with E-state index in [1.807, 2.05) is 6.07 Å². The van der Waals surface area contributed by atoms with Gasteiger partial charge in [0, 0.05) is 17.6 Å². The summed E-state index contributed by atoms with van der Waals surface area (Å²) in [5.41, 5.74) is 6.57. The van der Waals surface area contributed by atoms with Crippen LogP contribution in [0.2, 0.25) is 5.02 Å². The molecule has 3 nitrogen and oxygen atoms in total. The van der Waals surface area contributed by atoms with E-state index >= 15 is 0 Å². The summed E-state index contributed by atoms with van der Waals surface area (Å²) in [5.74, 6) is 0.957. The molecule has 94 valence electrons. The minimum Gasteiger partial charge on any atom is -0.382 e. The molecule has 2 aliphatic rings. The Hall–Kier alpha value is -1.48. The molecule has 0 spiro atoms. The van der Waals surface area contributed by atoms with E-state index in [2.05, 4.69) is 17.5 Å². The van der Waals surface area contributed by atoms with Crippen molar-refractivity contribution in [2.45, 2.75) is 18.9 Å². The van der Waals surface area contributed by atoms with E-state index in [1.165, 1.54) is 12.8 Å². The molecule has 1 saturated carbocycles. The molecule has 0 heterocycles. The van der Waals surface area contributed by atoms with Gasteiger partial charge in [-0.05, 0) is 37.0 Å². The second kappa shape index (κ2) is 4.32. The number of rotatable bonds is 3. The minimum atomic E-state index is -0.490. The summed E-state index contributed by atoms with van der Waals surface area (Å²) in [6.07, 6.45) is 6.94. The van der Waals surface area contributed by atoms with Crippen LogP contribution in [0.4, 0.5) is 5.69 Å². The Kier molecular flexibility index (Phi) is 2.78. The molecule has 3 rings (SSSR count). The van der Waals surface area contributed by atoms with Crippen molar-refractivity contribution in [1.29, 1.82) is 0 Å². The van der Waals surface area contributed by atoms with Gasteiger partial charge in [-0.15, -0.1) is 0 Å². The average Bonchev–Trinajstić information content (AvgIpc) is 2.69. The molecule has 18 heavy (non-hydrogen) atoms. The molecule has 0 aromatic heterocycles. The fourth-order valence-corrected chi connectivity index (χ4v) is 3.11. The number of nitrogens with one attached hydrogen (secondary N) is 1. The first kappa shape index (κ1) is 11.6. The van der Waals surface area contributed by atoms with Gasteiger partial charge in [0.15, 0.2) is 0 Å². The monoisotopic (exact) mass is 262 g/mol. The van der Waals surface area contributed by atoms with Gasteiger partial charge < -0.3 is 11.1 Å². The van der Waals surface area contributed by atoms with Crippen LogP contribution in [0.25, 0.3) is 0 Å². The highest BCUT2D eigenvalue weighted by molar-refractivity contribution is 6.33. The van der Waals surface area contributed by atoms with Crippen LogP contribution in [-0.4, -0.2) is 11.9 Å². The van der Waals surface area contributed by atoms with E-state index in [4.69, 9.17) is 17.3 Å². The topological polar surface area (TPSA) is 55.1 Å². The third kappa shape index (κ3) is 1.89. The van der Waals surface area contributed by atoms with E-state index in [9.17, 15) is 4.79 Å². The summed E-state index contributed by atoms with van der Waals surface area (Å²) in [4.78, 5) is 11.2. The van der Waals surface area contributed by atoms with Crippen LogP contribution in [0.5, 0.6) is 0 Å². The number of hydrogen-bond acceptors (Lipinski definition) is 2. The van der Waals surface area contributed by atoms with Gasteiger partial charge in [-0.25, -0.2) is 0 Å². The highest BCUT2D eigenvalue weighted by Crippen LogP contribution is 2.44. The van der Waals surface area contributed by atoms with Crippen LogP contribution in [0, 0.1) is 11.8 Å². The quantitative estimate of drug-likeness (QED) is 0.823. The average molecular weight is 263 g/mol. The Morgan fingerprint density at radius 2 is 2.28 bits per heavy atom. The van der Waals surface area contributed by atoms with Crippen molar-refractivity contribution in [3.8, 4) is 0 Å². The molecule has 4 heteroatoms. The second-order valence-corrected chi connectivity index (χ2v) is 5.45. The highest BCUT2D eigenvalue weighted by Gasteiger charge is 2.40. The van der Waals surface area contributed by atoms with Crippen molar-refractivity contribution in [3.05, 3.63) is 40.9 Å². The zero-order chi connectivity index (χ0) is 12.7. The fourth-order valence-electron chi connectivity index (χ4n) is 2.90. The van der Waals surface area contributed by atoms with Gasteiger partial charge in [0.1, 0.15) is 0 Å². The zero-order valence-corrected chi connectivity index (χ0v) is 10.7. The first-order valence-corrected chi connectivity index (χ1v) is 6.55. The number of nitrogens with two attached hydrogens (primary N) is 1. The number of halogens is 1. The molecule has 3 N–H and O–H groups in total. The fraction of sp³-hybridized carbons (Fsp3) is 0.357. The third-order valence-corrected chi connectivity index (χ3v) is 4.28. The summed E-state index contributed by atoms with van der Waals surface area (Å²) in [6, 6.07) is 5.80. The molecule has 0 bridgehead atoms. The van der Waals surface area contributed by atoms with Crippen molar-refractivity contribution < 1.29 is 4.79 Å². The van der Waals surface area contributed by atoms with E-state index in [1.54, 1.807) is 12.1 Å². The molecular weight excluding hydrogens is 248 g/mol. The maximum atomic E-state index is 11.2. The molecule has 2 aliphatic carbocycles. The molecule has 1 amide bonds. The van der Waals surface area contributed by atoms with Crippen molar-refractivity contribution in [1.82, 2.24) is 0 Å². The lowest BCUT2D eigenvalue weighted by molar-refractivity contribution is 0.100. The van der Waals surface area contributed by atoms with Crippen molar-refractivity contribution in [3.63, 3.8) is 0 Å². The van der Waals surface area contributed by atoms with Gasteiger partial charge in [0.05, 0.1) is 10.6 Å². The van der Waals surface area contributed by atoms with Crippen LogP contribution in [-0.2, 0) is 0 Å². The Morgan fingerprint density at radius 3 is 3.00 bits per heavy atom. The molecule has 1 aromatic carbocycles. The first-order valence-electron chi connectivity index (χ1n) is 6.17. The summed E-state index contributed by atoms with van der Waals surface area (Å²) < 4.78 is 0. The number of amides is 1. The van der Waals surface area contributed by atoms with Crippen LogP contribution >= 0.6 is 11.6 Å². The summed E-state index contributed by atoms with van der Waals surface area (Å²) in [5, 5.41) is 3.86. The number of primary amides is 1.